The Morgan fingerprint density at radius 2 is 1.86 bits per heavy atom. The minimum atomic E-state index is -3.53. The summed E-state index contributed by atoms with van der Waals surface area (Å²) in [6.07, 6.45) is 6.79. The highest BCUT2D eigenvalue weighted by atomic mass is 32.2. The first-order valence-electron chi connectivity index (χ1n) is 7.69. The van der Waals surface area contributed by atoms with Crippen molar-refractivity contribution in [3.05, 3.63) is 60.1 Å². The molecular formula is C18H20O3S. The molecule has 1 aromatic carbocycles. The predicted octanol–water partition coefficient (Wildman–Crippen LogP) is 4.11. The van der Waals surface area contributed by atoms with Crippen LogP contribution < -0.4 is 0 Å². The number of allylic oxidation sites excluding steroid dienone is 1. The van der Waals surface area contributed by atoms with Crippen molar-refractivity contribution in [1.29, 1.82) is 0 Å². The topological polar surface area (TPSA) is 47.3 Å². The van der Waals surface area contributed by atoms with Gasteiger partial charge in [0.25, 0.3) is 0 Å². The van der Waals surface area contributed by atoms with Crippen molar-refractivity contribution in [3.8, 4) is 0 Å². The monoisotopic (exact) mass is 316 g/mol. The fourth-order valence-electron chi connectivity index (χ4n) is 3.02. The van der Waals surface area contributed by atoms with Gasteiger partial charge in [-0.15, -0.1) is 6.58 Å². The Bertz CT molecular complexity index is 770. The van der Waals surface area contributed by atoms with Crippen molar-refractivity contribution in [2.75, 3.05) is 0 Å². The molecule has 0 N–H and O–H groups in total. The SMILES string of the molecule is C=CCCc1oc2c(c1S(=O)(=O)c1ccccc1)CCCC2. The smallest absolute Gasteiger partial charge is 0.210 e. The Labute approximate surface area is 131 Å². The van der Waals surface area contributed by atoms with Gasteiger partial charge >= 0.3 is 0 Å². The summed E-state index contributed by atoms with van der Waals surface area (Å²) >= 11 is 0. The molecule has 4 heteroatoms. The summed E-state index contributed by atoms with van der Waals surface area (Å²) in [5.41, 5.74) is 0.897. The molecule has 22 heavy (non-hydrogen) atoms. The fraction of sp³-hybridized carbons (Fsp3) is 0.333. The zero-order valence-electron chi connectivity index (χ0n) is 12.5. The van der Waals surface area contributed by atoms with E-state index in [9.17, 15) is 8.42 Å². The van der Waals surface area contributed by atoms with E-state index >= 15 is 0 Å². The second-order valence-corrected chi connectivity index (χ2v) is 7.49. The molecule has 0 fully saturated rings. The molecule has 3 nitrogen and oxygen atoms in total. The first kappa shape index (κ1) is 15.1. The second-order valence-electron chi connectivity index (χ2n) is 5.61. The Morgan fingerprint density at radius 3 is 2.59 bits per heavy atom. The van der Waals surface area contributed by atoms with Gasteiger partial charge in [-0.2, -0.15) is 0 Å². The van der Waals surface area contributed by atoms with Crippen LogP contribution >= 0.6 is 0 Å². The minimum absolute atomic E-state index is 0.337. The van der Waals surface area contributed by atoms with Crippen LogP contribution in [0.1, 0.15) is 36.3 Å². The van der Waals surface area contributed by atoms with E-state index in [1.54, 1.807) is 30.3 Å². The van der Waals surface area contributed by atoms with E-state index in [-0.39, 0.29) is 0 Å². The summed E-state index contributed by atoms with van der Waals surface area (Å²) in [5, 5.41) is 0. The first-order valence-corrected chi connectivity index (χ1v) is 9.17. The lowest BCUT2D eigenvalue weighted by atomic mass is 9.98. The van der Waals surface area contributed by atoms with Crippen LogP contribution in [0, 0.1) is 0 Å². The maximum atomic E-state index is 13.1. The van der Waals surface area contributed by atoms with Crippen molar-refractivity contribution >= 4 is 9.84 Å². The van der Waals surface area contributed by atoms with Gasteiger partial charge in [0.15, 0.2) is 0 Å². The highest BCUT2D eigenvalue weighted by Crippen LogP contribution is 2.36. The Morgan fingerprint density at radius 1 is 1.14 bits per heavy atom. The van der Waals surface area contributed by atoms with Crippen LogP contribution in [-0.4, -0.2) is 8.42 Å². The number of hydrogen-bond donors (Lipinski definition) is 0. The largest absolute Gasteiger partial charge is 0.464 e. The van der Waals surface area contributed by atoms with Gasteiger partial charge in [0, 0.05) is 18.4 Å². The zero-order valence-corrected chi connectivity index (χ0v) is 13.4. The van der Waals surface area contributed by atoms with E-state index < -0.39 is 9.84 Å². The number of fused-ring (bicyclic) bond motifs is 1. The number of benzene rings is 1. The van der Waals surface area contributed by atoms with Crippen molar-refractivity contribution in [3.63, 3.8) is 0 Å². The van der Waals surface area contributed by atoms with Crippen LogP contribution in [0.5, 0.6) is 0 Å². The van der Waals surface area contributed by atoms with Gasteiger partial charge in [-0.05, 0) is 37.8 Å². The molecule has 2 aromatic rings. The van der Waals surface area contributed by atoms with E-state index in [2.05, 4.69) is 6.58 Å². The summed E-state index contributed by atoms with van der Waals surface area (Å²) in [7, 11) is -3.53. The first-order chi connectivity index (χ1) is 10.6. The summed E-state index contributed by atoms with van der Waals surface area (Å²) in [4.78, 5) is 0.749. The molecule has 116 valence electrons. The summed E-state index contributed by atoms with van der Waals surface area (Å²) < 4.78 is 32.1. The van der Waals surface area contributed by atoms with E-state index in [1.807, 2.05) is 6.07 Å². The number of rotatable bonds is 5. The van der Waals surface area contributed by atoms with Crippen LogP contribution in [0.3, 0.4) is 0 Å². The molecule has 0 amide bonds. The quantitative estimate of drug-likeness (QED) is 0.780. The number of furan rings is 1. The maximum Gasteiger partial charge on any atom is 0.210 e. The average Bonchev–Trinajstić information content (AvgIpc) is 2.92. The molecule has 0 aliphatic heterocycles. The van der Waals surface area contributed by atoms with Gasteiger partial charge in [-0.25, -0.2) is 8.42 Å². The van der Waals surface area contributed by atoms with Gasteiger partial charge in [-0.3, -0.25) is 0 Å². The Kier molecular flexibility index (Phi) is 4.21. The van der Waals surface area contributed by atoms with Gasteiger partial charge in [0.2, 0.25) is 9.84 Å². The third-order valence-corrected chi connectivity index (χ3v) is 5.99. The van der Waals surface area contributed by atoms with Crippen molar-refractivity contribution in [1.82, 2.24) is 0 Å². The molecule has 0 bridgehead atoms. The van der Waals surface area contributed by atoms with E-state index in [0.717, 1.165) is 37.0 Å². The van der Waals surface area contributed by atoms with Crippen molar-refractivity contribution in [2.24, 2.45) is 0 Å². The average molecular weight is 316 g/mol. The van der Waals surface area contributed by atoms with E-state index in [0.29, 0.717) is 28.4 Å². The van der Waals surface area contributed by atoms with Crippen LogP contribution in [0.15, 0.2) is 57.2 Å². The highest BCUT2D eigenvalue weighted by molar-refractivity contribution is 7.91. The van der Waals surface area contributed by atoms with Crippen LogP contribution in [0.2, 0.25) is 0 Å². The molecule has 0 saturated carbocycles. The van der Waals surface area contributed by atoms with Crippen LogP contribution in [0.25, 0.3) is 0 Å². The molecule has 0 spiro atoms. The summed E-state index contributed by atoms with van der Waals surface area (Å²) in [6, 6.07) is 8.62. The molecule has 1 heterocycles. The van der Waals surface area contributed by atoms with Gasteiger partial charge < -0.3 is 4.42 Å². The Hall–Kier alpha value is -1.81. The summed E-state index contributed by atoms with van der Waals surface area (Å²) in [5.74, 6) is 1.45. The van der Waals surface area contributed by atoms with Gasteiger partial charge in [0.1, 0.15) is 16.4 Å². The second kappa shape index (κ2) is 6.13. The van der Waals surface area contributed by atoms with Gasteiger partial charge in [-0.1, -0.05) is 24.3 Å². The standard InChI is InChI=1S/C18H20O3S/c1-2-3-12-17-18(15-11-7-8-13-16(15)21-17)22(19,20)14-9-5-4-6-10-14/h2,4-6,9-10H,1,3,7-8,11-13H2. The third-order valence-electron chi connectivity index (χ3n) is 4.09. The number of hydrogen-bond acceptors (Lipinski definition) is 3. The lowest BCUT2D eigenvalue weighted by Crippen LogP contribution is -2.09. The number of aryl methyl sites for hydroxylation is 2. The van der Waals surface area contributed by atoms with Gasteiger partial charge in [0.05, 0.1) is 4.90 Å². The normalized spacial score (nSPS) is 14.5. The minimum Gasteiger partial charge on any atom is -0.464 e. The van der Waals surface area contributed by atoms with Crippen molar-refractivity contribution in [2.45, 2.75) is 48.3 Å². The van der Waals surface area contributed by atoms with E-state index in [1.165, 1.54) is 0 Å². The Balaban J connectivity index is 2.16. The fourth-order valence-corrected chi connectivity index (χ4v) is 4.76. The third kappa shape index (κ3) is 2.63. The lowest BCUT2D eigenvalue weighted by Gasteiger charge is -2.11. The molecule has 1 aliphatic rings. The van der Waals surface area contributed by atoms with E-state index in [4.69, 9.17) is 4.42 Å². The summed E-state index contributed by atoms with van der Waals surface area (Å²) in [6.45, 7) is 3.72. The molecule has 1 aliphatic carbocycles. The predicted molar refractivity (Wildman–Crippen MR) is 85.8 cm³/mol. The molecule has 0 saturated heterocycles. The highest BCUT2D eigenvalue weighted by Gasteiger charge is 2.31. The van der Waals surface area contributed by atoms with Crippen molar-refractivity contribution < 1.29 is 12.8 Å². The zero-order chi connectivity index (χ0) is 15.6. The molecule has 0 atom stereocenters. The molecule has 1 aromatic heterocycles. The molecular weight excluding hydrogens is 296 g/mol. The maximum absolute atomic E-state index is 13.1. The molecule has 0 unspecified atom stereocenters. The molecule has 0 radical (unpaired) electrons. The lowest BCUT2D eigenvalue weighted by molar-refractivity contribution is 0.441. The van der Waals surface area contributed by atoms with Crippen LogP contribution in [-0.2, 0) is 29.1 Å². The molecule has 3 rings (SSSR count). The van der Waals surface area contributed by atoms with Crippen LogP contribution in [0.4, 0.5) is 0 Å². The number of sulfone groups is 1.